The predicted molar refractivity (Wildman–Crippen MR) is 91.5 cm³/mol. The van der Waals surface area contributed by atoms with E-state index in [9.17, 15) is 4.79 Å². The molecule has 0 saturated heterocycles. The molecule has 1 aromatic carbocycles. The van der Waals surface area contributed by atoms with E-state index >= 15 is 0 Å². The molecule has 0 aliphatic carbocycles. The molecule has 2 aromatic heterocycles. The molecular formula is C16H19N5OS. The van der Waals surface area contributed by atoms with Crippen molar-refractivity contribution < 1.29 is 4.79 Å². The minimum atomic E-state index is -0.233. The van der Waals surface area contributed by atoms with Gasteiger partial charge < -0.3 is 5.32 Å². The molecule has 0 fully saturated rings. The average Bonchev–Trinajstić information content (AvgIpc) is 2.97. The van der Waals surface area contributed by atoms with Gasteiger partial charge in [-0.2, -0.15) is 0 Å². The molecule has 1 atom stereocenters. The molecule has 1 unspecified atom stereocenters. The number of unbranched alkanes of at least 4 members (excludes halogenated alkanes) is 1. The molecule has 3 rings (SSSR count). The van der Waals surface area contributed by atoms with Gasteiger partial charge in [0.15, 0.2) is 5.65 Å². The fourth-order valence-corrected chi connectivity index (χ4v) is 3.03. The lowest BCUT2D eigenvalue weighted by atomic mass is 10.2. The van der Waals surface area contributed by atoms with Crippen LogP contribution in [-0.2, 0) is 4.79 Å². The lowest BCUT2D eigenvalue weighted by Gasteiger charge is -2.09. The van der Waals surface area contributed by atoms with Crippen molar-refractivity contribution in [2.45, 2.75) is 37.1 Å². The van der Waals surface area contributed by atoms with Crippen molar-refractivity contribution in [3.8, 4) is 0 Å². The Kier molecular flexibility index (Phi) is 4.76. The molecule has 23 heavy (non-hydrogen) atoms. The first-order valence-electron chi connectivity index (χ1n) is 7.73. The molecule has 1 N–H and O–H groups in total. The summed E-state index contributed by atoms with van der Waals surface area (Å²) in [6.07, 6.45) is 3.71. The number of carbonyl (C=O) groups excluding carboxylic acids is 1. The van der Waals surface area contributed by atoms with Crippen LogP contribution in [0.25, 0.3) is 16.6 Å². The number of aromatic nitrogens is 4. The van der Waals surface area contributed by atoms with Crippen LogP contribution in [-0.4, -0.2) is 37.3 Å². The first-order chi connectivity index (χ1) is 11.2. The van der Waals surface area contributed by atoms with E-state index in [-0.39, 0.29) is 11.2 Å². The highest BCUT2D eigenvalue weighted by Crippen LogP contribution is 2.23. The molecule has 2 heterocycles. The van der Waals surface area contributed by atoms with Gasteiger partial charge in [0.05, 0.1) is 10.8 Å². The zero-order valence-electron chi connectivity index (χ0n) is 13.2. The van der Waals surface area contributed by atoms with Crippen LogP contribution < -0.4 is 5.32 Å². The van der Waals surface area contributed by atoms with Gasteiger partial charge in [0.1, 0.15) is 6.33 Å². The normalized spacial score (nSPS) is 12.6. The highest BCUT2D eigenvalue weighted by Gasteiger charge is 2.17. The molecule has 7 heteroatoms. The summed E-state index contributed by atoms with van der Waals surface area (Å²) in [6.45, 7) is 4.69. The van der Waals surface area contributed by atoms with E-state index in [1.54, 1.807) is 10.8 Å². The number of para-hydroxylation sites is 1. The summed E-state index contributed by atoms with van der Waals surface area (Å²) in [5.41, 5.74) is 1.64. The summed E-state index contributed by atoms with van der Waals surface area (Å²) in [5, 5.41) is 8.65. The van der Waals surface area contributed by atoms with Gasteiger partial charge in [0.25, 0.3) is 0 Å². The first kappa shape index (κ1) is 15.7. The van der Waals surface area contributed by atoms with Crippen molar-refractivity contribution in [3.05, 3.63) is 30.6 Å². The zero-order valence-corrected chi connectivity index (χ0v) is 14.0. The number of hydrogen-bond acceptors (Lipinski definition) is 5. The lowest BCUT2D eigenvalue weighted by molar-refractivity contribution is -0.120. The van der Waals surface area contributed by atoms with Gasteiger partial charge in [0.2, 0.25) is 11.1 Å². The maximum atomic E-state index is 12.0. The van der Waals surface area contributed by atoms with E-state index in [1.165, 1.54) is 11.8 Å². The van der Waals surface area contributed by atoms with Crippen molar-refractivity contribution in [2.24, 2.45) is 0 Å². The number of hydrogen-bond donors (Lipinski definition) is 1. The minimum Gasteiger partial charge on any atom is -0.355 e. The van der Waals surface area contributed by atoms with Gasteiger partial charge in [-0.1, -0.05) is 37.2 Å². The maximum Gasteiger partial charge on any atom is 0.233 e. The fraction of sp³-hybridized carbons (Fsp3) is 0.375. The molecule has 6 nitrogen and oxygen atoms in total. The number of nitrogens with zero attached hydrogens (tertiary/aromatic N) is 4. The van der Waals surface area contributed by atoms with E-state index in [0.717, 1.165) is 29.4 Å². The molecule has 0 radical (unpaired) electrons. The van der Waals surface area contributed by atoms with Gasteiger partial charge in [-0.25, -0.2) is 14.5 Å². The standard InChI is InChI=1S/C16H19N5OS/c1-3-4-9-17-15(22)11(2)23-16-19-14-12-7-5-6-8-13(12)18-10-21(14)20-16/h5-8,10-11H,3-4,9H2,1-2H3,(H,17,22). The van der Waals surface area contributed by atoms with Crippen LogP contribution >= 0.6 is 11.8 Å². The molecular weight excluding hydrogens is 310 g/mol. The van der Waals surface area contributed by atoms with Gasteiger partial charge in [-0.3, -0.25) is 4.79 Å². The Morgan fingerprint density at radius 2 is 2.22 bits per heavy atom. The van der Waals surface area contributed by atoms with Crippen LogP contribution in [0.3, 0.4) is 0 Å². The highest BCUT2D eigenvalue weighted by molar-refractivity contribution is 8.00. The number of carbonyl (C=O) groups is 1. The second-order valence-electron chi connectivity index (χ2n) is 5.33. The Hall–Kier alpha value is -2.15. The molecule has 0 saturated carbocycles. The van der Waals surface area contributed by atoms with Crippen LogP contribution in [0, 0.1) is 0 Å². The van der Waals surface area contributed by atoms with Crippen LogP contribution in [0.15, 0.2) is 35.7 Å². The van der Waals surface area contributed by atoms with E-state index in [1.807, 2.05) is 31.2 Å². The lowest BCUT2D eigenvalue weighted by Crippen LogP contribution is -2.31. The van der Waals surface area contributed by atoms with Crippen LogP contribution in [0.1, 0.15) is 26.7 Å². The third kappa shape index (κ3) is 3.44. The fourth-order valence-electron chi connectivity index (χ4n) is 2.25. The van der Waals surface area contributed by atoms with Gasteiger partial charge in [0, 0.05) is 11.9 Å². The summed E-state index contributed by atoms with van der Waals surface area (Å²) in [6, 6.07) is 7.82. The van der Waals surface area contributed by atoms with Gasteiger partial charge >= 0.3 is 0 Å². The summed E-state index contributed by atoms with van der Waals surface area (Å²) in [4.78, 5) is 21.0. The number of rotatable bonds is 6. The number of nitrogens with one attached hydrogen (secondary N) is 1. The number of fused-ring (bicyclic) bond motifs is 3. The topological polar surface area (TPSA) is 72.2 Å². The van der Waals surface area contributed by atoms with Crippen LogP contribution in [0.5, 0.6) is 0 Å². The Bertz CT molecular complexity index is 832. The quantitative estimate of drug-likeness (QED) is 0.556. The minimum absolute atomic E-state index is 0.0188. The summed E-state index contributed by atoms with van der Waals surface area (Å²) in [7, 11) is 0. The SMILES string of the molecule is CCCCNC(=O)C(C)Sc1nc2c3ccccc3ncn2n1. The summed E-state index contributed by atoms with van der Waals surface area (Å²) >= 11 is 1.36. The van der Waals surface area contributed by atoms with Gasteiger partial charge in [-0.05, 0) is 25.5 Å². The predicted octanol–water partition coefficient (Wildman–Crippen LogP) is 2.67. The van der Waals surface area contributed by atoms with E-state index in [4.69, 9.17) is 0 Å². The summed E-state index contributed by atoms with van der Waals surface area (Å²) in [5.74, 6) is 0.0188. The zero-order chi connectivity index (χ0) is 16.2. The monoisotopic (exact) mass is 329 g/mol. The molecule has 0 aliphatic rings. The Balaban J connectivity index is 1.78. The molecule has 0 bridgehead atoms. The molecule has 3 aromatic rings. The molecule has 0 aliphatic heterocycles. The van der Waals surface area contributed by atoms with Crippen LogP contribution in [0.2, 0.25) is 0 Å². The smallest absolute Gasteiger partial charge is 0.233 e. The van der Waals surface area contributed by atoms with E-state index in [0.29, 0.717) is 11.7 Å². The van der Waals surface area contributed by atoms with Crippen molar-refractivity contribution in [3.63, 3.8) is 0 Å². The molecule has 120 valence electrons. The second kappa shape index (κ2) is 6.95. The number of amides is 1. The van der Waals surface area contributed by atoms with E-state index < -0.39 is 0 Å². The van der Waals surface area contributed by atoms with Gasteiger partial charge in [-0.15, -0.1) is 5.10 Å². The van der Waals surface area contributed by atoms with Crippen molar-refractivity contribution >= 4 is 34.2 Å². The Morgan fingerprint density at radius 1 is 1.39 bits per heavy atom. The van der Waals surface area contributed by atoms with Crippen molar-refractivity contribution in [1.29, 1.82) is 0 Å². The first-order valence-corrected chi connectivity index (χ1v) is 8.61. The average molecular weight is 329 g/mol. The van der Waals surface area contributed by atoms with Crippen LogP contribution in [0.4, 0.5) is 0 Å². The Labute approximate surface area is 138 Å². The molecule has 1 amide bonds. The highest BCUT2D eigenvalue weighted by atomic mass is 32.2. The van der Waals surface area contributed by atoms with Crippen molar-refractivity contribution in [2.75, 3.05) is 6.54 Å². The third-order valence-electron chi connectivity index (χ3n) is 3.54. The summed E-state index contributed by atoms with van der Waals surface area (Å²) < 4.78 is 1.66. The second-order valence-corrected chi connectivity index (χ2v) is 6.64. The number of benzene rings is 1. The maximum absolute atomic E-state index is 12.0. The van der Waals surface area contributed by atoms with E-state index in [2.05, 4.69) is 27.3 Å². The van der Waals surface area contributed by atoms with Crippen molar-refractivity contribution in [1.82, 2.24) is 24.9 Å². The molecule has 0 spiro atoms. The number of thioether (sulfide) groups is 1. The largest absolute Gasteiger partial charge is 0.355 e. The third-order valence-corrected chi connectivity index (χ3v) is 4.50. The Morgan fingerprint density at radius 3 is 3.04 bits per heavy atom.